The van der Waals surface area contributed by atoms with E-state index in [1.807, 2.05) is 27.7 Å². The summed E-state index contributed by atoms with van der Waals surface area (Å²) in [5, 5.41) is 5.99. The second kappa shape index (κ2) is 7.04. The minimum Gasteiger partial charge on any atom is -0.444 e. The monoisotopic (exact) mass is 266 g/mol. The Morgan fingerprint density at radius 1 is 1.37 bits per heavy atom. The minimum absolute atomic E-state index is 0.0144. The van der Waals surface area contributed by atoms with E-state index in [9.17, 15) is 4.79 Å². The van der Waals surface area contributed by atoms with Gasteiger partial charge in [-0.25, -0.2) is 14.8 Å². The van der Waals surface area contributed by atoms with Crippen molar-refractivity contribution in [3.05, 3.63) is 24.3 Å². The van der Waals surface area contributed by atoms with Crippen LogP contribution in [-0.2, 0) is 11.3 Å². The summed E-state index contributed by atoms with van der Waals surface area (Å²) < 4.78 is 5.18. The summed E-state index contributed by atoms with van der Waals surface area (Å²) in [6.07, 6.45) is 4.61. The number of aromatic nitrogens is 2. The van der Waals surface area contributed by atoms with E-state index in [-0.39, 0.29) is 6.04 Å². The number of alkyl carbamates (subject to hydrolysis) is 1. The molecule has 1 aromatic heterocycles. The molecule has 0 radical (unpaired) electrons. The summed E-state index contributed by atoms with van der Waals surface area (Å²) in [6, 6.07) is -0.0144. The Kier molecular flexibility index (Phi) is 5.69. The third kappa shape index (κ3) is 7.35. The molecular weight excluding hydrogens is 244 g/mol. The Labute approximate surface area is 114 Å². The smallest absolute Gasteiger partial charge is 0.407 e. The Bertz CT molecular complexity index is 389. The molecule has 1 unspecified atom stereocenters. The lowest BCUT2D eigenvalue weighted by Gasteiger charge is -2.22. The molecule has 1 rings (SSSR count). The van der Waals surface area contributed by atoms with Crippen LogP contribution in [-0.4, -0.2) is 34.2 Å². The van der Waals surface area contributed by atoms with Gasteiger partial charge in [0, 0.05) is 37.1 Å². The Hall–Kier alpha value is -1.69. The quantitative estimate of drug-likeness (QED) is 0.844. The first-order chi connectivity index (χ1) is 8.87. The van der Waals surface area contributed by atoms with Crippen molar-refractivity contribution in [3.63, 3.8) is 0 Å². The van der Waals surface area contributed by atoms with Crippen molar-refractivity contribution in [2.75, 3.05) is 6.54 Å². The van der Waals surface area contributed by atoms with E-state index < -0.39 is 11.7 Å². The summed E-state index contributed by atoms with van der Waals surface area (Å²) in [5.41, 5.74) is 0.533. The Morgan fingerprint density at radius 2 is 2.00 bits per heavy atom. The van der Waals surface area contributed by atoms with E-state index in [0.29, 0.717) is 13.1 Å². The van der Waals surface area contributed by atoms with Crippen molar-refractivity contribution >= 4 is 6.09 Å². The first-order valence-electron chi connectivity index (χ1n) is 6.31. The second-order valence-corrected chi connectivity index (χ2v) is 5.42. The zero-order valence-electron chi connectivity index (χ0n) is 11.9. The van der Waals surface area contributed by atoms with E-state index >= 15 is 0 Å². The number of amides is 1. The van der Waals surface area contributed by atoms with Gasteiger partial charge in [-0.3, -0.25) is 0 Å². The number of carbonyl (C=O) groups excluding carboxylic acids is 1. The molecule has 0 fully saturated rings. The lowest BCUT2D eigenvalue weighted by atomic mass is 10.2. The predicted octanol–water partition coefficient (Wildman–Crippen LogP) is 1.48. The number of carbonyl (C=O) groups is 1. The van der Waals surface area contributed by atoms with Gasteiger partial charge in [-0.1, -0.05) is 0 Å². The summed E-state index contributed by atoms with van der Waals surface area (Å²) in [6.45, 7) is 8.74. The van der Waals surface area contributed by atoms with Crippen LogP contribution >= 0.6 is 0 Å². The largest absolute Gasteiger partial charge is 0.444 e. The summed E-state index contributed by atoms with van der Waals surface area (Å²) in [7, 11) is 0. The van der Waals surface area contributed by atoms with Gasteiger partial charge >= 0.3 is 6.09 Å². The Morgan fingerprint density at radius 3 is 2.58 bits per heavy atom. The van der Waals surface area contributed by atoms with Crippen molar-refractivity contribution in [2.45, 2.75) is 45.9 Å². The fourth-order valence-corrected chi connectivity index (χ4v) is 1.41. The summed E-state index contributed by atoms with van der Waals surface area (Å²) in [4.78, 5) is 19.4. The fourth-order valence-electron chi connectivity index (χ4n) is 1.41. The van der Waals surface area contributed by atoms with Gasteiger partial charge in [-0.05, 0) is 27.7 Å². The fraction of sp³-hybridized carbons (Fsp3) is 0.615. The van der Waals surface area contributed by atoms with Crippen LogP contribution in [0.3, 0.4) is 0 Å². The average Bonchev–Trinajstić information content (AvgIpc) is 2.27. The van der Waals surface area contributed by atoms with Crippen molar-refractivity contribution < 1.29 is 9.53 Å². The van der Waals surface area contributed by atoms with Crippen LogP contribution in [0.15, 0.2) is 18.7 Å². The van der Waals surface area contributed by atoms with E-state index in [0.717, 1.165) is 5.56 Å². The highest BCUT2D eigenvalue weighted by molar-refractivity contribution is 5.68. The molecule has 1 aromatic rings. The van der Waals surface area contributed by atoms with Crippen LogP contribution in [0.2, 0.25) is 0 Å². The lowest BCUT2D eigenvalue weighted by Crippen LogP contribution is -2.42. The van der Waals surface area contributed by atoms with E-state index in [2.05, 4.69) is 20.6 Å². The Balaban J connectivity index is 2.21. The van der Waals surface area contributed by atoms with Gasteiger partial charge in [0.2, 0.25) is 0 Å². The van der Waals surface area contributed by atoms with Crippen LogP contribution in [0.25, 0.3) is 0 Å². The first-order valence-corrected chi connectivity index (χ1v) is 6.31. The molecule has 6 nitrogen and oxygen atoms in total. The van der Waals surface area contributed by atoms with E-state index in [1.165, 1.54) is 6.33 Å². The second-order valence-electron chi connectivity index (χ2n) is 5.42. The molecule has 1 amide bonds. The van der Waals surface area contributed by atoms with Crippen molar-refractivity contribution in [2.24, 2.45) is 0 Å². The van der Waals surface area contributed by atoms with Crippen molar-refractivity contribution in [1.29, 1.82) is 0 Å². The number of nitrogens with one attached hydrogen (secondary N) is 2. The normalized spacial score (nSPS) is 12.8. The van der Waals surface area contributed by atoms with Gasteiger partial charge in [0.15, 0.2) is 0 Å². The zero-order valence-corrected chi connectivity index (χ0v) is 11.9. The predicted molar refractivity (Wildman–Crippen MR) is 72.6 cm³/mol. The number of rotatable bonds is 5. The number of hydrogen-bond acceptors (Lipinski definition) is 5. The molecule has 0 aromatic carbocycles. The molecule has 0 bridgehead atoms. The van der Waals surface area contributed by atoms with Crippen LogP contribution in [0.4, 0.5) is 4.79 Å². The van der Waals surface area contributed by atoms with Gasteiger partial charge in [0.1, 0.15) is 11.9 Å². The highest BCUT2D eigenvalue weighted by Gasteiger charge is 2.17. The van der Waals surface area contributed by atoms with Crippen molar-refractivity contribution in [1.82, 2.24) is 20.6 Å². The molecule has 106 valence electrons. The molecule has 2 N–H and O–H groups in total. The van der Waals surface area contributed by atoms with Crippen LogP contribution in [0, 0.1) is 0 Å². The molecule has 0 aliphatic carbocycles. The molecular formula is C13H22N4O2. The molecule has 1 heterocycles. The topological polar surface area (TPSA) is 76.1 Å². The summed E-state index contributed by atoms with van der Waals surface area (Å²) in [5.74, 6) is 0. The molecule has 0 aliphatic heterocycles. The van der Waals surface area contributed by atoms with Gasteiger partial charge in [-0.15, -0.1) is 0 Å². The molecule has 19 heavy (non-hydrogen) atoms. The number of nitrogens with zero attached hydrogens (tertiary/aromatic N) is 2. The van der Waals surface area contributed by atoms with Gasteiger partial charge in [-0.2, -0.15) is 0 Å². The summed E-state index contributed by atoms with van der Waals surface area (Å²) >= 11 is 0. The minimum atomic E-state index is -0.474. The molecule has 0 saturated carbocycles. The van der Waals surface area contributed by atoms with Crippen molar-refractivity contribution in [3.8, 4) is 0 Å². The standard InChI is InChI=1S/C13H22N4O2/c1-10(17-12(18)19-13(2,3)4)5-14-6-11-7-15-9-16-8-11/h7-10,14H,5-6H2,1-4H3,(H,17,18). The van der Waals surface area contributed by atoms with E-state index in [4.69, 9.17) is 4.74 Å². The third-order valence-electron chi connectivity index (χ3n) is 2.16. The maximum absolute atomic E-state index is 11.5. The SMILES string of the molecule is CC(CNCc1cncnc1)NC(=O)OC(C)(C)C. The van der Waals surface area contributed by atoms with Gasteiger partial charge in [0.05, 0.1) is 0 Å². The average molecular weight is 266 g/mol. The van der Waals surface area contributed by atoms with Crippen LogP contribution in [0.5, 0.6) is 0 Å². The molecule has 0 saturated heterocycles. The third-order valence-corrected chi connectivity index (χ3v) is 2.16. The highest BCUT2D eigenvalue weighted by atomic mass is 16.6. The zero-order chi connectivity index (χ0) is 14.3. The molecule has 0 aliphatic rings. The maximum Gasteiger partial charge on any atom is 0.407 e. The molecule has 1 atom stereocenters. The van der Waals surface area contributed by atoms with Crippen LogP contribution < -0.4 is 10.6 Å². The van der Waals surface area contributed by atoms with Crippen LogP contribution in [0.1, 0.15) is 33.3 Å². The molecule has 6 heteroatoms. The van der Waals surface area contributed by atoms with Gasteiger partial charge < -0.3 is 15.4 Å². The van der Waals surface area contributed by atoms with E-state index in [1.54, 1.807) is 12.4 Å². The van der Waals surface area contributed by atoms with Gasteiger partial charge in [0.25, 0.3) is 0 Å². The number of ether oxygens (including phenoxy) is 1. The number of hydrogen-bond donors (Lipinski definition) is 2. The lowest BCUT2D eigenvalue weighted by molar-refractivity contribution is 0.0508. The first kappa shape index (κ1) is 15.4. The molecule has 0 spiro atoms. The maximum atomic E-state index is 11.5. The highest BCUT2D eigenvalue weighted by Crippen LogP contribution is 2.06.